The molecule has 0 aromatic carbocycles. The summed E-state index contributed by atoms with van der Waals surface area (Å²) in [5, 5.41) is 0. The second-order valence-corrected chi connectivity index (χ2v) is 6.54. The van der Waals surface area contributed by atoms with E-state index in [0.717, 1.165) is 58.0 Å². The molecule has 0 aromatic rings. The Morgan fingerprint density at radius 2 is 1.83 bits per heavy atom. The molecule has 0 spiro atoms. The van der Waals surface area contributed by atoms with Crippen LogP contribution in [0.15, 0.2) is 0 Å². The lowest BCUT2D eigenvalue weighted by atomic mass is 9.57. The van der Waals surface area contributed by atoms with Crippen LogP contribution in [0.5, 0.6) is 0 Å². The second kappa shape index (κ2) is 4.20. The van der Waals surface area contributed by atoms with Gasteiger partial charge in [0.2, 0.25) is 5.91 Å². The number of ether oxygens (including phenoxy) is 1. The van der Waals surface area contributed by atoms with E-state index in [1.165, 1.54) is 0 Å². The zero-order chi connectivity index (χ0) is 12.8. The molecule has 4 nitrogen and oxygen atoms in total. The van der Waals surface area contributed by atoms with Crippen molar-refractivity contribution in [3.63, 3.8) is 0 Å². The van der Waals surface area contributed by atoms with E-state index >= 15 is 0 Å². The smallest absolute Gasteiger partial charge is 0.228 e. The Bertz CT molecular complexity index is 331. The lowest BCUT2D eigenvalue weighted by Crippen LogP contribution is -2.57. The highest BCUT2D eigenvalue weighted by molar-refractivity contribution is 5.83. The number of likely N-dealkylation sites (tertiary alicyclic amines) is 1. The maximum Gasteiger partial charge on any atom is 0.228 e. The number of hydrogen-bond acceptors (Lipinski definition) is 3. The van der Waals surface area contributed by atoms with Crippen molar-refractivity contribution in [3.05, 3.63) is 0 Å². The maximum atomic E-state index is 12.8. The summed E-state index contributed by atoms with van der Waals surface area (Å²) < 4.78 is 5.36. The molecule has 102 valence electrons. The van der Waals surface area contributed by atoms with E-state index in [1.807, 2.05) is 4.90 Å². The Morgan fingerprint density at radius 1 is 1.22 bits per heavy atom. The summed E-state index contributed by atoms with van der Waals surface area (Å²) in [6.45, 7) is 1.65. The van der Waals surface area contributed by atoms with Gasteiger partial charge in [-0.1, -0.05) is 0 Å². The van der Waals surface area contributed by atoms with Gasteiger partial charge in [-0.3, -0.25) is 4.79 Å². The van der Waals surface area contributed by atoms with Crippen molar-refractivity contribution in [1.29, 1.82) is 0 Å². The van der Waals surface area contributed by atoms with Gasteiger partial charge < -0.3 is 15.4 Å². The van der Waals surface area contributed by atoms with Crippen molar-refractivity contribution in [2.45, 2.75) is 56.6 Å². The van der Waals surface area contributed by atoms with E-state index < -0.39 is 0 Å². The molecule has 4 heteroatoms. The zero-order valence-electron chi connectivity index (χ0n) is 11.3. The molecule has 4 fully saturated rings. The fourth-order valence-corrected chi connectivity index (χ4v) is 3.98. The van der Waals surface area contributed by atoms with Gasteiger partial charge in [0.25, 0.3) is 0 Å². The zero-order valence-corrected chi connectivity index (χ0v) is 11.3. The molecule has 1 heterocycles. The summed E-state index contributed by atoms with van der Waals surface area (Å²) in [5.41, 5.74) is 6.27. The Morgan fingerprint density at radius 3 is 2.33 bits per heavy atom. The minimum atomic E-state index is -0.0796. The summed E-state index contributed by atoms with van der Waals surface area (Å²) in [4.78, 5) is 14.8. The molecule has 1 amide bonds. The number of fused-ring (bicyclic) bond motifs is 3. The summed E-state index contributed by atoms with van der Waals surface area (Å²) in [5.74, 6) is 0.379. The molecule has 1 aliphatic heterocycles. The normalized spacial score (nSPS) is 43.4. The highest BCUT2D eigenvalue weighted by atomic mass is 16.5. The number of nitrogens with two attached hydrogens (primary N) is 1. The van der Waals surface area contributed by atoms with Crippen LogP contribution in [0.25, 0.3) is 0 Å². The molecule has 0 unspecified atom stereocenters. The van der Waals surface area contributed by atoms with Gasteiger partial charge in [-0.15, -0.1) is 0 Å². The van der Waals surface area contributed by atoms with Crippen molar-refractivity contribution in [1.82, 2.24) is 4.90 Å². The number of hydrogen-bond donors (Lipinski definition) is 1. The van der Waals surface area contributed by atoms with E-state index in [1.54, 1.807) is 7.11 Å². The molecule has 0 radical (unpaired) electrons. The number of carbonyl (C=O) groups excluding carboxylic acids is 1. The molecule has 2 bridgehead atoms. The van der Waals surface area contributed by atoms with Gasteiger partial charge in [0.15, 0.2) is 0 Å². The maximum absolute atomic E-state index is 12.8. The van der Waals surface area contributed by atoms with Crippen LogP contribution in [0.1, 0.15) is 44.9 Å². The first kappa shape index (κ1) is 12.4. The number of methoxy groups -OCH3 is 1. The summed E-state index contributed by atoms with van der Waals surface area (Å²) in [6.07, 6.45) is 7.30. The van der Waals surface area contributed by atoms with Crippen LogP contribution in [0.3, 0.4) is 0 Å². The number of nitrogens with zero attached hydrogens (tertiary/aromatic N) is 1. The van der Waals surface area contributed by atoms with Crippen molar-refractivity contribution in [2.75, 3.05) is 20.2 Å². The molecule has 1 atom stereocenters. The van der Waals surface area contributed by atoms with Gasteiger partial charge in [0, 0.05) is 31.2 Å². The van der Waals surface area contributed by atoms with E-state index in [2.05, 4.69) is 0 Å². The first-order valence-corrected chi connectivity index (χ1v) is 7.18. The monoisotopic (exact) mass is 252 g/mol. The topological polar surface area (TPSA) is 55.6 Å². The van der Waals surface area contributed by atoms with Gasteiger partial charge in [-0.2, -0.15) is 0 Å². The van der Waals surface area contributed by atoms with E-state index in [9.17, 15) is 4.79 Å². The third kappa shape index (κ3) is 1.86. The van der Waals surface area contributed by atoms with Crippen LogP contribution >= 0.6 is 0 Å². The summed E-state index contributed by atoms with van der Waals surface area (Å²) in [7, 11) is 1.74. The van der Waals surface area contributed by atoms with E-state index in [0.29, 0.717) is 5.91 Å². The van der Waals surface area contributed by atoms with Crippen LogP contribution in [0.2, 0.25) is 0 Å². The number of amides is 1. The predicted octanol–water partition coefficient (Wildman–Crippen LogP) is 1.29. The fourth-order valence-electron chi connectivity index (χ4n) is 3.98. The summed E-state index contributed by atoms with van der Waals surface area (Å²) in [6, 6.07) is 0. The van der Waals surface area contributed by atoms with Crippen molar-refractivity contribution in [3.8, 4) is 0 Å². The first-order chi connectivity index (χ1) is 8.57. The molecule has 2 N–H and O–H groups in total. The van der Waals surface area contributed by atoms with Gasteiger partial charge in [-0.25, -0.2) is 0 Å². The summed E-state index contributed by atoms with van der Waals surface area (Å²) >= 11 is 0. The fraction of sp³-hybridized carbons (Fsp3) is 0.929. The Balaban J connectivity index is 1.70. The third-order valence-electron chi connectivity index (χ3n) is 5.52. The van der Waals surface area contributed by atoms with Gasteiger partial charge in [0.1, 0.15) is 0 Å². The Labute approximate surface area is 109 Å². The Hall–Kier alpha value is -0.610. The van der Waals surface area contributed by atoms with Crippen LogP contribution in [0.4, 0.5) is 0 Å². The van der Waals surface area contributed by atoms with Crippen LogP contribution in [-0.2, 0) is 9.53 Å². The third-order valence-corrected chi connectivity index (χ3v) is 5.52. The molecule has 3 aliphatic carbocycles. The predicted molar refractivity (Wildman–Crippen MR) is 69.0 cm³/mol. The average Bonchev–Trinajstić information content (AvgIpc) is 2.88. The van der Waals surface area contributed by atoms with Crippen molar-refractivity contribution >= 4 is 5.91 Å². The number of carbonyl (C=O) groups is 1. The largest absolute Gasteiger partial charge is 0.380 e. The number of rotatable bonds is 2. The molecule has 4 rings (SSSR count). The molecular weight excluding hydrogens is 228 g/mol. The average molecular weight is 252 g/mol. The standard InChI is InChI=1S/C14H24N2O2/c1-18-11-2-9-16(10-11)12(17)13-3-6-14(15,7-4-13)8-5-13/h11H,2-10,15H2,1H3/t11-,13?,14?/m1/s1. The highest BCUT2D eigenvalue weighted by Gasteiger charge is 2.52. The lowest BCUT2D eigenvalue weighted by Gasteiger charge is -2.51. The minimum Gasteiger partial charge on any atom is -0.380 e. The van der Waals surface area contributed by atoms with E-state index in [4.69, 9.17) is 10.5 Å². The lowest BCUT2D eigenvalue weighted by molar-refractivity contribution is -0.148. The molecular formula is C14H24N2O2. The van der Waals surface area contributed by atoms with Gasteiger partial charge in [0.05, 0.1) is 6.10 Å². The highest BCUT2D eigenvalue weighted by Crippen LogP contribution is 2.52. The minimum absolute atomic E-state index is 0.0438. The van der Waals surface area contributed by atoms with Crippen molar-refractivity contribution in [2.24, 2.45) is 11.1 Å². The van der Waals surface area contributed by atoms with Crippen molar-refractivity contribution < 1.29 is 9.53 Å². The van der Waals surface area contributed by atoms with E-state index in [-0.39, 0.29) is 17.1 Å². The molecule has 4 aliphatic rings. The first-order valence-electron chi connectivity index (χ1n) is 7.18. The molecule has 18 heavy (non-hydrogen) atoms. The van der Waals surface area contributed by atoms with Gasteiger partial charge >= 0.3 is 0 Å². The van der Waals surface area contributed by atoms with Crippen LogP contribution in [-0.4, -0.2) is 42.6 Å². The molecule has 3 saturated carbocycles. The second-order valence-electron chi connectivity index (χ2n) is 6.54. The van der Waals surface area contributed by atoms with Crippen LogP contribution < -0.4 is 5.73 Å². The molecule has 0 aromatic heterocycles. The SMILES string of the molecule is CO[C@@H]1CCN(C(=O)C23CCC(N)(CC2)CC3)C1. The van der Waals surface area contributed by atoms with Crippen LogP contribution in [0, 0.1) is 5.41 Å². The molecule has 1 saturated heterocycles. The quantitative estimate of drug-likeness (QED) is 0.805. The Kier molecular flexibility index (Phi) is 2.90. The van der Waals surface area contributed by atoms with Gasteiger partial charge in [-0.05, 0) is 44.9 Å².